The molecule has 0 amide bonds. The Kier molecular flexibility index (Phi) is 3.31. The SMILES string of the molecule is CCC1(Br)C=CC=CC1OC(C)=O. The lowest BCUT2D eigenvalue weighted by Crippen LogP contribution is -2.37. The second-order valence-electron chi connectivity index (χ2n) is 3.05. The van der Waals surface area contributed by atoms with E-state index in [1.54, 1.807) is 0 Å². The molecule has 0 heterocycles. The minimum Gasteiger partial charge on any atom is -0.456 e. The van der Waals surface area contributed by atoms with Crippen LogP contribution in [0.5, 0.6) is 0 Å². The van der Waals surface area contributed by atoms with Crippen molar-refractivity contribution in [3.8, 4) is 0 Å². The first-order valence-corrected chi connectivity index (χ1v) is 5.10. The third-order valence-corrected chi connectivity index (χ3v) is 3.35. The average Bonchev–Trinajstić information content (AvgIpc) is 2.09. The fourth-order valence-corrected chi connectivity index (χ4v) is 1.67. The van der Waals surface area contributed by atoms with E-state index >= 15 is 0 Å². The summed E-state index contributed by atoms with van der Waals surface area (Å²) in [6.45, 7) is 3.48. The molecule has 0 saturated heterocycles. The molecule has 3 heteroatoms. The van der Waals surface area contributed by atoms with E-state index in [4.69, 9.17) is 4.74 Å². The summed E-state index contributed by atoms with van der Waals surface area (Å²) in [6, 6.07) is 0. The van der Waals surface area contributed by atoms with Gasteiger partial charge in [-0.3, -0.25) is 4.79 Å². The first-order chi connectivity index (χ1) is 6.08. The van der Waals surface area contributed by atoms with E-state index < -0.39 is 0 Å². The van der Waals surface area contributed by atoms with Crippen molar-refractivity contribution in [2.45, 2.75) is 30.7 Å². The van der Waals surface area contributed by atoms with Crippen LogP contribution >= 0.6 is 15.9 Å². The van der Waals surface area contributed by atoms with Gasteiger partial charge < -0.3 is 4.74 Å². The number of carbonyl (C=O) groups excluding carboxylic acids is 1. The van der Waals surface area contributed by atoms with Crippen LogP contribution in [0.4, 0.5) is 0 Å². The van der Waals surface area contributed by atoms with Crippen LogP contribution in [0, 0.1) is 0 Å². The Bertz CT molecular complexity index is 258. The molecule has 0 fully saturated rings. The van der Waals surface area contributed by atoms with E-state index in [1.165, 1.54) is 6.92 Å². The standard InChI is InChI=1S/C10H13BrO2/c1-3-10(11)7-5-4-6-9(10)13-8(2)12/h4-7,9H,3H2,1-2H3. The average molecular weight is 245 g/mol. The number of hydrogen-bond acceptors (Lipinski definition) is 2. The zero-order valence-electron chi connectivity index (χ0n) is 7.79. The van der Waals surface area contributed by atoms with Crippen molar-refractivity contribution in [1.82, 2.24) is 0 Å². The number of allylic oxidation sites excluding steroid dienone is 2. The molecule has 2 nitrogen and oxygen atoms in total. The van der Waals surface area contributed by atoms with Crippen molar-refractivity contribution in [2.75, 3.05) is 0 Å². The van der Waals surface area contributed by atoms with Gasteiger partial charge in [-0.2, -0.15) is 0 Å². The van der Waals surface area contributed by atoms with Gasteiger partial charge in [-0.1, -0.05) is 41.1 Å². The molecule has 0 spiro atoms. The quantitative estimate of drug-likeness (QED) is 0.552. The number of halogens is 1. The lowest BCUT2D eigenvalue weighted by molar-refractivity contribution is -0.144. The molecule has 0 aromatic rings. The monoisotopic (exact) mass is 244 g/mol. The Morgan fingerprint density at radius 2 is 2.31 bits per heavy atom. The molecule has 0 saturated carbocycles. The summed E-state index contributed by atoms with van der Waals surface area (Å²) >= 11 is 3.57. The normalized spacial score (nSPS) is 31.8. The Morgan fingerprint density at radius 3 is 2.85 bits per heavy atom. The van der Waals surface area contributed by atoms with Crippen LogP contribution in [0.1, 0.15) is 20.3 Å². The van der Waals surface area contributed by atoms with E-state index in [-0.39, 0.29) is 16.4 Å². The number of rotatable bonds is 2. The second kappa shape index (κ2) is 4.09. The third-order valence-electron chi connectivity index (χ3n) is 2.08. The molecule has 72 valence electrons. The molecule has 0 aromatic heterocycles. The highest BCUT2D eigenvalue weighted by Gasteiger charge is 2.34. The molecule has 0 aromatic carbocycles. The van der Waals surface area contributed by atoms with Crippen LogP contribution in [0.25, 0.3) is 0 Å². The van der Waals surface area contributed by atoms with E-state index in [1.807, 2.05) is 24.3 Å². The van der Waals surface area contributed by atoms with Crippen LogP contribution in [-0.2, 0) is 9.53 Å². The second-order valence-corrected chi connectivity index (χ2v) is 4.53. The van der Waals surface area contributed by atoms with Crippen molar-refractivity contribution in [1.29, 1.82) is 0 Å². The maximum atomic E-state index is 10.8. The largest absolute Gasteiger partial charge is 0.456 e. The highest BCUT2D eigenvalue weighted by molar-refractivity contribution is 9.10. The van der Waals surface area contributed by atoms with E-state index in [0.29, 0.717) is 0 Å². The van der Waals surface area contributed by atoms with Gasteiger partial charge in [0.1, 0.15) is 6.10 Å². The first kappa shape index (κ1) is 10.5. The van der Waals surface area contributed by atoms with E-state index in [9.17, 15) is 4.79 Å². The third kappa shape index (κ3) is 2.44. The summed E-state index contributed by atoms with van der Waals surface area (Å²) in [5.41, 5.74) is 0. The summed E-state index contributed by atoms with van der Waals surface area (Å²) in [5.74, 6) is -0.248. The van der Waals surface area contributed by atoms with Crippen LogP contribution in [-0.4, -0.2) is 16.4 Å². The van der Waals surface area contributed by atoms with Crippen molar-refractivity contribution < 1.29 is 9.53 Å². The lowest BCUT2D eigenvalue weighted by Gasteiger charge is -2.31. The van der Waals surface area contributed by atoms with Crippen molar-refractivity contribution >= 4 is 21.9 Å². The van der Waals surface area contributed by atoms with Gasteiger partial charge in [0.25, 0.3) is 0 Å². The number of carbonyl (C=O) groups is 1. The summed E-state index contributed by atoms with van der Waals surface area (Å²) in [5, 5.41) is 0. The Morgan fingerprint density at radius 1 is 1.62 bits per heavy atom. The first-order valence-electron chi connectivity index (χ1n) is 4.30. The molecule has 1 aliphatic rings. The summed E-state index contributed by atoms with van der Waals surface area (Å²) in [4.78, 5) is 10.8. The fraction of sp³-hybridized carbons (Fsp3) is 0.500. The predicted molar refractivity (Wildman–Crippen MR) is 55.8 cm³/mol. The zero-order chi connectivity index (χ0) is 9.90. The molecular weight excluding hydrogens is 232 g/mol. The van der Waals surface area contributed by atoms with Crippen molar-refractivity contribution in [3.63, 3.8) is 0 Å². The van der Waals surface area contributed by atoms with Gasteiger partial charge in [0, 0.05) is 6.92 Å². The number of esters is 1. The van der Waals surface area contributed by atoms with Gasteiger partial charge in [-0.15, -0.1) is 0 Å². The van der Waals surface area contributed by atoms with Crippen LogP contribution in [0.15, 0.2) is 24.3 Å². The fourth-order valence-electron chi connectivity index (χ4n) is 1.27. The molecular formula is C10H13BrO2. The molecule has 2 atom stereocenters. The summed E-state index contributed by atoms with van der Waals surface area (Å²) in [7, 11) is 0. The van der Waals surface area contributed by atoms with Crippen LogP contribution in [0.2, 0.25) is 0 Å². The molecule has 0 aliphatic heterocycles. The van der Waals surface area contributed by atoms with Gasteiger partial charge in [0.15, 0.2) is 0 Å². The lowest BCUT2D eigenvalue weighted by atomic mass is 9.95. The van der Waals surface area contributed by atoms with Gasteiger partial charge >= 0.3 is 5.97 Å². The predicted octanol–water partition coefficient (Wildman–Crippen LogP) is 2.59. The molecule has 0 bridgehead atoms. The molecule has 2 unspecified atom stereocenters. The number of hydrogen-bond donors (Lipinski definition) is 0. The molecule has 13 heavy (non-hydrogen) atoms. The van der Waals surface area contributed by atoms with Crippen LogP contribution in [0.3, 0.4) is 0 Å². The molecule has 0 N–H and O–H groups in total. The van der Waals surface area contributed by atoms with Gasteiger partial charge in [-0.25, -0.2) is 0 Å². The van der Waals surface area contributed by atoms with Gasteiger partial charge in [0.05, 0.1) is 4.32 Å². The topological polar surface area (TPSA) is 26.3 Å². The van der Waals surface area contributed by atoms with E-state index in [2.05, 4.69) is 22.9 Å². The van der Waals surface area contributed by atoms with Crippen molar-refractivity contribution in [3.05, 3.63) is 24.3 Å². The van der Waals surface area contributed by atoms with Gasteiger partial charge in [0.2, 0.25) is 0 Å². The molecule has 1 aliphatic carbocycles. The Balaban J connectivity index is 2.76. The smallest absolute Gasteiger partial charge is 0.303 e. The Labute approximate surface area is 86.8 Å². The summed E-state index contributed by atoms with van der Waals surface area (Å²) in [6.07, 6.45) is 8.44. The van der Waals surface area contributed by atoms with Gasteiger partial charge in [-0.05, 0) is 12.5 Å². The number of ether oxygens (including phenoxy) is 1. The Hall–Kier alpha value is -0.570. The molecule has 0 radical (unpaired) electrons. The van der Waals surface area contributed by atoms with E-state index in [0.717, 1.165) is 6.42 Å². The summed E-state index contributed by atoms with van der Waals surface area (Å²) < 4.78 is 4.95. The highest BCUT2D eigenvalue weighted by Crippen LogP contribution is 2.33. The molecule has 1 rings (SSSR count). The maximum absolute atomic E-state index is 10.8. The number of alkyl halides is 1. The zero-order valence-corrected chi connectivity index (χ0v) is 9.37. The van der Waals surface area contributed by atoms with Crippen molar-refractivity contribution in [2.24, 2.45) is 0 Å². The maximum Gasteiger partial charge on any atom is 0.303 e. The minimum absolute atomic E-state index is 0.194. The van der Waals surface area contributed by atoms with Crippen LogP contribution < -0.4 is 0 Å². The minimum atomic E-state index is -0.248. The highest BCUT2D eigenvalue weighted by atomic mass is 79.9.